The number of hydrogen-bond donors (Lipinski definition) is 2. The zero-order chi connectivity index (χ0) is 22.3. The molecule has 1 amide bonds. The first kappa shape index (κ1) is 20.7. The summed E-state index contributed by atoms with van der Waals surface area (Å²) in [6, 6.07) is 3.56. The van der Waals surface area contributed by atoms with Crippen LogP contribution in [0.15, 0.2) is 35.9 Å². The van der Waals surface area contributed by atoms with Crippen LogP contribution in [0, 0.1) is 5.41 Å². The summed E-state index contributed by atoms with van der Waals surface area (Å²) in [5.74, 6) is 0.190. The van der Waals surface area contributed by atoms with E-state index in [9.17, 15) is 14.7 Å². The minimum Gasteiger partial charge on any atom is -0.456 e. The van der Waals surface area contributed by atoms with E-state index in [1.165, 1.54) is 16.0 Å². The number of pyridine rings is 1. The first-order chi connectivity index (χ1) is 15.5. The van der Waals surface area contributed by atoms with Gasteiger partial charge < -0.3 is 14.7 Å². The number of ether oxygens (including phenoxy) is 1. The molecular weight excluding hydrogens is 416 g/mol. The zero-order valence-electron chi connectivity index (χ0n) is 17.6. The number of hydrogen-bond acceptors (Lipinski definition) is 10. The number of β-amino-alcohol motifs (C(OH)–C–C–N with tert-alkyl or cyclic N) is 1. The lowest BCUT2D eigenvalue weighted by atomic mass is 9.78. The van der Waals surface area contributed by atoms with E-state index < -0.39 is 11.5 Å². The predicted octanol–water partition coefficient (Wildman–Crippen LogP) is -0.649. The van der Waals surface area contributed by atoms with Crippen molar-refractivity contribution in [2.45, 2.75) is 25.9 Å². The Morgan fingerprint density at radius 3 is 2.72 bits per heavy atom. The second kappa shape index (κ2) is 8.04. The predicted molar refractivity (Wildman–Crippen MR) is 109 cm³/mol. The van der Waals surface area contributed by atoms with Gasteiger partial charge in [-0.2, -0.15) is 4.68 Å². The Bertz CT molecular complexity index is 1040. The molecule has 0 radical (unpaired) electrons. The largest absolute Gasteiger partial charge is 0.456 e. The average molecular weight is 440 g/mol. The lowest BCUT2D eigenvalue weighted by molar-refractivity contribution is -0.139. The van der Waals surface area contributed by atoms with Crippen LogP contribution in [0.3, 0.4) is 0 Å². The van der Waals surface area contributed by atoms with Crippen molar-refractivity contribution in [2.75, 3.05) is 32.8 Å². The van der Waals surface area contributed by atoms with Gasteiger partial charge in [0.25, 0.3) is 0 Å². The maximum Gasteiger partial charge on any atom is 0.336 e. The van der Waals surface area contributed by atoms with E-state index in [-0.39, 0.29) is 18.5 Å². The SMILES string of the molecule is CC1=C(N2NCC3(CCN(C[C@@H](O)c4ccc(-n5cnnn5)nc4)CC3)C2=O)COC1=O. The van der Waals surface area contributed by atoms with Gasteiger partial charge in [-0.15, -0.1) is 5.10 Å². The average Bonchev–Trinajstić information content (AvgIpc) is 3.53. The Labute approximate surface area is 183 Å². The zero-order valence-corrected chi connectivity index (χ0v) is 17.6. The Morgan fingerprint density at radius 1 is 1.28 bits per heavy atom. The molecule has 1 atom stereocenters. The minimum atomic E-state index is -0.692. The van der Waals surface area contributed by atoms with E-state index in [2.05, 4.69) is 30.8 Å². The number of esters is 1. The van der Waals surface area contributed by atoms with Crippen LogP contribution in [0.1, 0.15) is 31.4 Å². The van der Waals surface area contributed by atoms with E-state index in [1.54, 1.807) is 19.2 Å². The highest BCUT2D eigenvalue weighted by molar-refractivity contribution is 5.94. The Hall–Kier alpha value is -3.22. The van der Waals surface area contributed by atoms with Gasteiger partial charge in [-0.05, 0) is 49.3 Å². The summed E-state index contributed by atoms with van der Waals surface area (Å²) >= 11 is 0. The highest BCUT2D eigenvalue weighted by atomic mass is 16.5. The first-order valence-corrected chi connectivity index (χ1v) is 10.5. The standard InChI is InChI=1S/C20H24N8O4/c1-13-15(10-32-18(13)30)28-19(31)20(11-23-28)4-6-26(7-5-20)9-16(29)14-2-3-17(21-8-14)27-12-22-24-25-27/h2-3,8,12,16,23,29H,4-7,9-11H2,1H3/t16-/m1/s1. The molecule has 0 unspecified atom stereocenters. The third-order valence-electron chi connectivity index (χ3n) is 6.56. The third kappa shape index (κ3) is 3.55. The van der Waals surface area contributed by atoms with Gasteiger partial charge in [-0.25, -0.2) is 20.2 Å². The lowest BCUT2D eigenvalue weighted by Crippen LogP contribution is -2.46. The summed E-state index contributed by atoms with van der Waals surface area (Å²) in [7, 11) is 0. The molecule has 0 saturated carbocycles. The number of carbonyl (C=O) groups is 2. The van der Waals surface area contributed by atoms with E-state index >= 15 is 0 Å². The number of likely N-dealkylation sites (tertiary alicyclic amines) is 1. The number of tetrazole rings is 1. The van der Waals surface area contributed by atoms with Crippen LogP contribution in [-0.2, 0) is 14.3 Å². The molecule has 12 nitrogen and oxygen atoms in total. The fraction of sp³-hybridized carbons (Fsp3) is 0.500. The summed E-state index contributed by atoms with van der Waals surface area (Å²) in [6.45, 7) is 4.19. The minimum absolute atomic E-state index is 0.00672. The molecule has 5 rings (SSSR count). The Morgan fingerprint density at radius 2 is 2.09 bits per heavy atom. The number of rotatable bonds is 5. The van der Waals surface area contributed by atoms with Crippen molar-refractivity contribution in [1.29, 1.82) is 0 Å². The molecule has 2 fully saturated rings. The quantitative estimate of drug-likeness (QED) is 0.577. The van der Waals surface area contributed by atoms with Gasteiger partial charge in [0.15, 0.2) is 5.82 Å². The molecule has 12 heteroatoms. The highest BCUT2D eigenvalue weighted by Gasteiger charge is 2.50. The molecule has 2 aromatic heterocycles. The number of aliphatic hydroxyl groups excluding tert-OH is 1. The van der Waals surface area contributed by atoms with Crippen LogP contribution in [0.4, 0.5) is 0 Å². The molecule has 32 heavy (non-hydrogen) atoms. The van der Waals surface area contributed by atoms with Crippen LogP contribution in [-0.4, -0.2) is 84.9 Å². The van der Waals surface area contributed by atoms with Gasteiger partial charge in [0.2, 0.25) is 5.91 Å². The molecule has 2 saturated heterocycles. The molecule has 2 N–H and O–H groups in total. The van der Waals surface area contributed by atoms with Crippen molar-refractivity contribution >= 4 is 11.9 Å². The van der Waals surface area contributed by atoms with Gasteiger partial charge in [0, 0.05) is 24.8 Å². The van der Waals surface area contributed by atoms with Crippen LogP contribution >= 0.6 is 0 Å². The fourth-order valence-electron chi connectivity index (χ4n) is 4.43. The fourth-order valence-corrected chi connectivity index (χ4v) is 4.43. The second-order valence-corrected chi connectivity index (χ2v) is 8.42. The van der Waals surface area contributed by atoms with Crippen molar-refractivity contribution < 1.29 is 19.4 Å². The number of amides is 1. The molecular formula is C20H24N8O4. The van der Waals surface area contributed by atoms with Crippen LogP contribution in [0.25, 0.3) is 5.82 Å². The van der Waals surface area contributed by atoms with Crippen molar-refractivity contribution in [1.82, 2.24) is 40.5 Å². The normalized spacial score (nSPS) is 22.1. The van der Waals surface area contributed by atoms with Crippen molar-refractivity contribution in [3.63, 3.8) is 0 Å². The number of carbonyl (C=O) groups excluding carboxylic acids is 2. The Balaban J connectivity index is 1.18. The summed E-state index contributed by atoms with van der Waals surface area (Å²) in [6.07, 6.45) is 3.75. The number of piperidine rings is 1. The third-order valence-corrected chi connectivity index (χ3v) is 6.56. The molecule has 1 spiro atoms. The van der Waals surface area contributed by atoms with Crippen LogP contribution < -0.4 is 5.43 Å². The van der Waals surface area contributed by atoms with E-state index in [4.69, 9.17) is 4.74 Å². The van der Waals surface area contributed by atoms with Gasteiger partial charge in [-0.3, -0.25) is 4.79 Å². The Kier molecular flexibility index (Phi) is 5.19. The number of hydrazine groups is 1. The molecule has 3 aliphatic rings. The molecule has 168 valence electrons. The van der Waals surface area contributed by atoms with Gasteiger partial charge in [0.05, 0.1) is 22.8 Å². The highest BCUT2D eigenvalue weighted by Crippen LogP contribution is 2.38. The van der Waals surface area contributed by atoms with E-state index in [0.717, 1.165) is 0 Å². The molecule has 0 aliphatic carbocycles. The van der Waals surface area contributed by atoms with E-state index in [0.29, 0.717) is 61.7 Å². The number of aliphatic hydroxyl groups is 1. The second-order valence-electron chi connectivity index (χ2n) is 8.42. The number of nitrogens with one attached hydrogen (secondary N) is 1. The van der Waals surface area contributed by atoms with Gasteiger partial charge in [0.1, 0.15) is 12.9 Å². The number of aromatic nitrogens is 5. The molecule has 0 aromatic carbocycles. The van der Waals surface area contributed by atoms with Gasteiger partial charge in [-0.1, -0.05) is 6.07 Å². The molecule has 2 aromatic rings. The maximum absolute atomic E-state index is 13.2. The lowest BCUT2D eigenvalue weighted by Gasteiger charge is -2.38. The topological polar surface area (TPSA) is 139 Å². The van der Waals surface area contributed by atoms with E-state index in [1.807, 2.05) is 6.07 Å². The molecule has 0 bridgehead atoms. The van der Waals surface area contributed by atoms with Crippen LogP contribution in [0.5, 0.6) is 0 Å². The summed E-state index contributed by atoms with van der Waals surface area (Å²) < 4.78 is 6.49. The smallest absolute Gasteiger partial charge is 0.336 e. The summed E-state index contributed by atoms with van der Waals surface area (Å²) in [4.78, 5) is 31.3. The van der Waals surface area contributed by atoms with Crippen molar-refractivity contribution in [3.05, 3.63) is 41.5 Å². The monoisotopic (exact) mass is 440 g/mol. The number of nitrogens with zero attached hydrogens (tertiary/aromatic N) is 7. The van der Waals surface area contributed by atoms with Crippen LogP contribution in [0.2, 0.25) is 0 Å². The molecule has 5 heterocycles. The van der Waals surface area contributed by atoms with Gasteiger partial charge >= 0.3 is 5.97 Å². The summed E-state index contributed by atoms with van der Waals surface area (Å²) in [5.41, 5.74) is 4.46. The van der Waals surface area contributed by atoms with Crippen molar-refractivity contribution in [2.24, 2.45) is 5.41 Å². The maximum atomic E-state index is 13.2. The first-order valence-electron chi connectivity index (χ1n) is 10.5. The molecule has 3 aliphatic heterocycles. The number of cyclic esters (lactones) is 1. The van der Waals surface area contributed by atoms with Crippen molar-refractivity contribution in [3.8, 4) is 5.82 Å². The summed E-state index contributed by atoms with van der Waals surface area (Å²) in [5, 5.41) is 23.1.